The summed E-state index contributed by atoms with van der Waals surface area (Å²) in [5, 5.41) is 0.0615. The van der Waals surface area contributed by atoms with Crippen molar-refractivity contribution in [3.63, 3.8) is 0 Å². The molecule has 0 spiro atoms. The fraction of sp³-hybridized carbons (Fsp3) is 0.167. The van der Waals surface area contributed by atoms with E-state index < -0.39 is 11.6 Å². The third-order valence-corrected chi connectivity index (χ3v) is 1.79. The van der Waals surface area contributed by atoms with Gasteiger partial charge in [0.15, 0.2) is 17.5 Å². The first-order valence-corrected chi connectivity index (χ1v) is 5.13. The quantitative estimate of drug-likeness (QED) is 0.752. The zero-order valence-corrected chi connectivity index (χ0v) is 10.2. The van der Waals surface area contributed by atoms with Crippen molar-refractivity contribution in [2.75, 3.05) is 0 Å². The van der Waals surface area contributed by atoms with Crippen LogP contribution in [0.5, 0.6) is 0 Å². The molecule has 0 unspecified atom stereocenters. The SMILES string of the molecule is C.C=C(C)c1ncc(F)cn1.Fc1cnc(Cl)nc1. The minimum Gasteiger partial charge on any atom is -0.234 e. The highest BCUT2D eigenvalue weighted by molar-refractivity contribution is 6.28. The van der Waals surface area contributed by atoms with E-state index >= 15 is 0 Å². The zero-order valence-electron chi connectivity index (χ0n) is 9.44. The molecule has 2 aromatic rings. The van der Waals surface area contributed by atoms with Crippen molar-refractivity contribution < 1.29 is 8.78 Å². The maximum absolute atomic E-state index is 12.2. The van der Waals surface area contributed by atoms with E-state index in [-0.39, 0.29) is 12.7 Å². The van der Waals surface area contributed by atoms with E-state index in [4.69, 9.17) is 11.6 Å². The summed E-state index contributed by atoms with van der Waals surface area (Å²) in [6.45, 7) is 5.38. The fourth-order valence-electron chi connectivity index (χ4n) is 0.829. The minimum absolute atomic E-state index is 0. The van der Waals surface area contributed by atoms with Crippen molar-refractivity contribution in [3.8, 4) is 0 Å². The number of rotatable bonds is 1. The molecule has 0 radical (unpaired) electrons. The van der Waals surface area contributed by atoms with E-state index in [0.29, 0.717) is 5.82 Å². The summed E-state index contributed by atoms with van der Waals surface area (Å²) in [6.07, 6.45) is 4.26. The van der Waals surface area contributed by atoms with Gasteiger partial charge in [0.2, 0.25) is 5.28 Å². The van der Waals surface area contributed by atoms with Crippen LogP contribution in [0.3, 0.4) is 0 Å². The first-order valence-electron chi connectivity index (χ1n) is 4.75. The summed E-state index contributed by atoms with van der Waals surface area (Å²) in [4.78, 5) is 14.1. The van der Waals surface area contributed by atoms with Gasteiger partial charge in [0.1, 0.15) is 0 Å². The van der Waals surface area contributed by atoms with E-state index in [2.05, 4.69) is 26.5 Å². The highest BCUT2D eigenvalue weighted by Crippen LogP contribution is 2.02. The molecule has 0 aliphatic rings. The molecule has 2 heterocycles. The van der Waals surface area contributed by atoms with Crippen LogP contribution in [-0.2, 0) is 0 Å². The van der Waals surface area contributed by atoms with Crippen molar-refractivity contribution >= 4 is 17.2 Å². The minimum atomic E-state index is -0.477. The maximum Gasteiger partial charge on any atom is 0.222 e. The second-order valence-electron chi connectivity index (χ2n) is 3.18. The standard InChI is InChI=1S/C7H7FN2.C4H2ClFN2.CH4/c1-5(2)7-9-3-6(8)4-10-7;5-4-7-1-3(6)2-8-4;/h3-4H,1H2,2H3;1-2H;1H4. The number of aromatic nitrogens is 4. The molecule has 19 heavy (non-hydrogen) atoms. The largest absolute Gasteiger partial charge is 0.234 e. The van der Waals surface area contributed by atoms with Crippen LogP contribution in [0.1, 0.15) is 20.2 Å². The molecule has 7 heteroatoms. The molecule has 0 saturated heterocycles. The van der Waals surface area contributed by atoms with Gasteiger partial charge < -0.3 is 0 Å². The van der Waals surface area contributed by atoms with Crippen LogP contribution in [-0.4, -0.2) is 19.9 Å². The Bertz CT molecular complexity index is 493. The van der Waals surface area contributed by atoms with E-state index in [9.17, 15) is 8.78 Å². The van der Waals surface area contributed by atoms with Crippen LogP contribution in [0.15, 0.2) is 31.4 Å². The van der Waals surface area contributed by atoms with Gasteiger partial charge in [-0.15, -0.1) is 0 Å². The Labute approximate surface area is 115 Å². The van der Waals surface area contributed by atoms with E-state index in [1.807, 2.05) is 0 Å². The van der Waals surface area contributed by atoms with Gasteiger partial charge in [-0.3, -0.25) is 0 Å². The second kappa shape index (κ2) is 8.20. The van der Waals surface area contributed by atoms with Gasteiger partial charge in [0, 0.05) is 0 Å². The summed E-state index contributed by atoms with van der Waals surface area (Å²) in [6, 6.07) is 0. The molecule has 0 fully saturated rings. The summed E-state index contributed by atoms with van der Waals surface area (Å²) >= 11 is 5.22. The third kappa shape index (κ3) is 6.52. The lowest BCUT2D eigenvalue weighted by Crippen LogP contribution is -1.90. The highest BCUT2D eigenvalue weighted by Gasteiger charge is 1.95. The number of allylic oxidation sites excluding steroid dienone is 1. The van der Waals surface area contributed by atoms with Crippen LogP contribution in [0.4, 0.5) is 8.78 Å². The molecule has 0 atom stereocenters. The molecule has 2 aromatic heterocycles. The Morgan fingerprint density at radius 2 is 1.37 bits per heavy atom. The summed E-state index contributed by atoms with van der Waals surface area (Å²) in [5.74, 6) is -0.416. The Morgan fingerprint density at radius 3 is 1.68 bits per heavy atom. The summed E-state index contributed by atoms with van der Waals surface area (Å²) < 4.78 is 24.1. The van der Waals surface area contributed by atoms with Gasteiger partial charge in [-0.1, -0.05) is 14.0 Å². The van der Waals surface area contributed by atoms with E-state index in [1.165, 1.54) is 0 Å². The van der Waals surface area contributed by atoms with Gasteiger partial charge in [0.05, 0.1) is 24.8 Å². The summed E-state index contributed by atoms with van der Waals surface area (Å²) in [5.41, 5.74) is 0.736. The van der Waals surface area contributed by atoms with Crippen LogP contribution in [0.2, 0.25) is 5.28 Å². The van der Waals surface area contributed by atoms with Crippen molar-refractivity contribution in [1.82, 2.24) is 19.9 Å². The Kier molecular flexibility index (Phi) is 7.36. The van der Waals surface area contributed by atoms with Crippen molar-refractivity contribution in [2.45, 2.75) is 14.4 Å². The average Bonchev–Trinajstić information content (AvgIpc) is 2.34. The van der Waals surface area contributed by atoms with Crippen molar-refractivity contribution in [1.29, 1.82) is 0 Å². The van der Waals surface area contributed by atoms with Gasteiger partial charge in [0.25, 0.3) is 0 Å². The Hall–Kier alpha value is -1.95. The molecule has 4 nitrogen and oxygen atoms in total. The normalized spacial score (nSPS) is 8.84. The van der Waals surface area contributed by atoms with Crippen LogP contribution >= 0.6 is 11.6 Å². The van der Waals surface area contributed by atoms with Crippen LogP contribution < -0.4 is 0 Å². The van der Waals surface area contributed by atoms with E-state index in [1.54, 1.807) is 6.92 Å². The molecule has 0 aliphatic carbocycles. The summed E-state index contributed by atoms with van der Waals surface area (Å²) in [7, 11) is 0. The van der Waals surface area contributed by atoms with Gasteiger partial charge in [-0.25, -0.2) is 28.7 Å². The average molecular weight is 287 g/mol. The molecule has 0 amide bonds. The molecule has 0 aliphatic heterocycles. The monoisotopic (exact) mass is 286 g/mol. The van der Waals surface area contributed by atoms with Crippen LogP contribution in [0, 0.1) is 11.6 Å². The first kappa shape index (κ1) is 17.1. The van der Waals surface area contributed by atoms with E-state index in [0.717, 1.165) is 30.4 Å². The first-order chi connectivity index (χ1) is 8.49. The van der Waals surface area contributed by atoms with Gasteiger partial charge >= 0.3 is 0 Å². The number of nitrogens with zero attached hydrogens (tertiary/aromatic N) is 4. The predicted molar refractivity (Wildman–Crippen MR) is 70.4 cm³/mol. The molecule has 102 valence electrons. The predicted octanol–water partition coefficient (Wildman–Crippen LogP) is 3.55. The lowest BCUT2D eigenvalue weighted by atomic mass is 10.3. The van der Waals surface area contributed by atoms with Crippen molar-refractivity contribution in [3.05, 3.63) is 54.1 Å². The van der Waals surface area contributed by atoms with Crippen molar-refractivity contribution in [2.24, 2.45) is 0 Å². The highest BCUT2D eigenvalue weighted by atomic mass is 35.5. The molecule has 0 N–H and O–H groups in total. The topological polar surface area (TPSA) is 51.6 Å². The zero-order chi connectivity index (χ0) is 13.5. The molecule has 0 bridgehead atoms. The maximum atomic E-state index is 12.2. The van der Waals surface area contributed by atoms with Gasteiger partial charge in [-0.2, -0.15) is 0 Å². The lowest BCUT2D eigenvalue weighted by molar-refractivity contribution is 0.612. The second-order valence-corrected chi connectivity index (χ2v) is 3.51. The Balaban J connectivity index is 0.000000331. The fourth-order valence-corrected chi connectivity index (χ4v) is 0.927. The number of hydrogen-bond acceptors (Lipinski definition) is 4. The third-order valence-electron chi connectivity index (χ3n) is 1.59. The molecule has 0 aromatic carbocycles. The van der Waals surface area contributed by atoms with Crippen LogP contribution in [0.25, 0.3) is 5.57 Å². The number of hydrogen-bond donors (Lipinski definition) is 0. The van der Waals surface area contributed by atoms with Gasteiger partial charge in [-0.05, 0) is 24.1 Å². The molecule has 0 saturated carbocycles. The molecular formula is C12H13ClF2N4. The Morgan fingerprint density at radius 1 is 1.00 bits per heavy atom. The molecular weight excluding hydrogens is 274 g/mol. The smallest absolute Gasteiger partial charge is 0.222 e. The molecule has 2 rings (SSSR count). The lowest BCUT2D eigenvalue weighted by Gasteiger charge is -1.94. The number of halogens is 3.